The number of hydrogen-bond acceptors (Lipinski definition) is 8. The largest absolute Gasteiger partial charge is 0.495 e. The number of aromatic nitrogens is 3. The number of rotatable bonds is 7. The lowest BCUT2D eigenvalue weighted by Gasteiger charge is -2.31. The number of likely N-dealkylation sites (tertiary alicyclic amines) is 1. The lowest BCUT2D eigenvalue weighted by atomic mass is 9.89. The minimum absolute atomic E-state index is 0.285. The fourth-order valence-electron chi connectivity index (χ4n) is 4.80. The number of carboxylic acids is 1. The van der Waals surface area contributed by atoms with Crippen molar-refractivity contribution in [2.75, 3.05) is 32.1 Å². The van der Waals surface area contributed by atoms with Gasteiger partial charge in [-0.1, -0.05) is 24.3 Å². The van der Waals surface area contributed by atoms with Gasteiger partial charge in [0.05, 0.1) is 48.4 Å². The summed E-state index contributed by atoms with van der Waals surface area (Å²) >= 11 is 0. The first kappa shape index (κ1) is 30.8. The van der Waals surface area contributed by atoms with Crippen LogP contribution in [0.3, 0.4) is 0 Å². The number of carbonyl (C=O) groups is 2. The lowest BCUT2D eigenvalue weighted by molar-refractivity contribution is -0.192. The Morgan fingerprint density at radius 3 is 2.49 bits per heavy atom. The maximum Gasteiger partial charge on any atom is 0.490 e. The summed E-state index contributed by atoms with van der Waals surface area (Å²) in [4.78, 5) is 26.7. The van der Waals surface area contributed by atoms with E-state index in [1.807, 2.05) is 36.4 Å². The fraction of sp³-hybridized carbons (Fsp3) is 0.276. The van der Waals surface area contributed by atoms with Crippen LogP contribution < -0.4 is 15.8 Å². The van der Waals surface area contributed by atoms with Gasteiger partial charge in [0.1, 0.15) is 5.75 Å². The number of carboxylic acid groups (broad SMARTS) is 1. The van der Waals surface area contributed by atoms with E-state index in [1.165, 1.54) is 5.56 Å². The number of ether oxygens (including phenoxy) is 1. The molecule has 0 saturated carbocycles. The molecule has 3 heterocycles. The summed E-state index contributed by atoms with van der Waals surface area (Å²) in [6.45, 7) is 2.00. The molecule has 0 spiro atoms. The van der Waals surface area contributed by atoms with Crippen LogP contribution >= 0.6 is 0 Å². The second-order valence-electron chi connectivity index (χ2n) is 9.70. The average molecular weight is 596 g/mol. The first-order valence-corrected chi connectivity index (χ1v) is 13.1. The standard InChI is InChI=1S/C27H27N7O2.C2HF3O2/c1-36-25-14-19(18-10-12-33(13-11-18)17-26(29)35)6-8-23(25)31-27-30-16-21-7-9-24(34(21)32-27)22-5-3-2-4-20(22)15-28;3-2(4,5)1(6)7/h2-9,14,16,18H,10-13,17H2,1H3,(H2,29,35)(H,31,32);(H,6,7). The number of halogens is 3. The van der Waals surface area contributed by atoms with Gasteiger partial charge in [0.2, 0.25) is 11.9 Å². The molecular weight excluding hydrogens is 567 g/mol. The molecule has 4 aromatic rings. The van der Waals surface area contributed by atoms with Crippen LogP contribution in [-0.4, -0.2) is 69.4 Å². The van der Waals surface area contributed by atoms with Gasteiger partial charge >= 0.3 is 12.1 Å². The van der Waals surface area contributed by atoms with Gasteiger partial charge in [0, 0.05) is 5.56 Å². The molecule has 224 valence electrons. The van der Waals surface area contributed by atoms with Crippen molar-refractivity contribution in [3.05, 3.63) is 71.9 Å². The molecule has 5 rings (SSSR count). The Labute approximate surface area is 244 Å². The summed E-state index contributed by atoms with van der Waals surface area (Å²) < 4.78 is 39.2. The topological polar surface area (TPSA) is 159 Å². The van der Waals surface area contributed by atoms with Crippen molar-refractivity contribution in [3.8, 4) is 23.1 Å². The van der Waals surface area contributed by atoms with E-state index < -0.39 is 12.1 Å². The van der Waals surface area contributed by atoms with Gasteiger partial charge in [-0.15, -0.1) is 5.10 Å². The molecule has 2 aromatic heterocycles. The number of anilines is 2. The molecule has 11 nitrogen and oxygen atoms in total. The number of nitriles is 1. The predicted molar refractivity (Wildman–Crippen MR) is 151 cm³/mol. The zero-order chi connectivity index (χ0) is 31.1. The maximum absolute atomic E-state index is 11.2. The first-order valence-electron chi connectivity index (χ1n) is 13.1. The number of fused-ring (bicyclic) bond motifs is 1. The minimum atomic E-state index is -5.08. The number of nitrogens with one attached hydrogen (secondary N) is 1. The highest BCUT2D eigenvalue weighted by atomic mass is 19.4. The van der Waals surface area contributed by atoms with Crippen molar-refractivity contribution >= 4 is 29.0 Å². The van der Waals surface area contributed by atoms with Crippen LogP contribution in [0.5, 0.6) is 5.75 Å². The Balaban J connectivity index is 0.000000541. The van der Waals surface area contributed by atoms with Gasteiger partial charge in [-0.3, -0.25) is 9.69 Å². The van der Waals surface area contributed by atoms with Gasteiger partial charge in [0.25, 0.3) is 0 Å². The average Bonchev–Trinajstić information content (AvgIpc) is 3.40. The van der Waals surface area contributed by atoms with E-state index in [9.17, 15) is 23.2 Å². The van der Waals surface area contributed by atoms with E-state index in [2.05, 4.69) is 38.5 Å². The summed E-state index contributed by atoms with van der Waals surface area (Å²) in [5.74, 6) is -1.52. The Bertz CT molecular complexity index is 1660. The van der Waals surface area contributed by atoms with E-state index in [0.717, 1.165) is 48.4 Å². The zero-order valence-corrected chi connectivity index (χ0v) is 23.0. The lowest BCUT2D eigenvalue weighted by Crippen LogP contribution is -2.39. The number of hydrogen-bond donors (Lipinski definition) is 3. The third kappa shape index (κ3) is 7.57. The number of nitrogens with two attached hydrogens (primary N) is 1. The van der Waals surface area contributed by atoms with Crippen LogP contribution in [0.25, 0.3) is 16.8 Å². The van der Waals surface area contributed by atoms with Gasteiger partial charge in [-0.25, -0.2) is 14.3 Å². The Morgan fingerprint density at radius 1 is 1.16 bits per heavy atom. The number of methoxy groups -OCH3 is 1. The fourth-order valence-corrected chi connectivity index (χ4v) is 4.80. The third-order valence-corrected chi connectivity index (χ3v) is 6.87. The van der Waals surface area contributed by atoms with Crippen molar-refractivity contribution < 1.29 is 32.6 Å². The zero-order valence-electron chi connectivity index (χ0n) is 23.0. The molecule has 1 saturated heterocycles. The molecule has 0 atom stereocenters. The smallest absolute Gasteiger partial charge is 0.490 e. The second-order valence-corrected chi connectivity index (χ2v) is 9.70. The number of carbonyl (C=O) groups excluding carboxylic acids is 1. The van der Waals surface area contributed by atoms with Crippen LogP contribution in [-0.2, 0) is 9.59 Å². The number of amides is 1. The van der Waals surface area contributed by atoms with Crippen molar-refractivity contribution in [1.29, 1.82) is 5.26 Å². The molecule has 0 unspecified atom stereocenters. The van der Waals surface area contributed by atoms with E-state index in [1.54, 1.807) is 23.9 Å². The van der Waals surface area contributed by atoms with Crippen LogP contribution in [0.4, 0.5) is 24.8 Å². The van der Waals surface area contributed by atoms with Crippen LogP contribution in [0.15, 0.2) is 60.8 Å². The third-order valence-electron chi connectivity index (χ3n) is 6.87. The highest BCUT2D eigenvalue weighted by molar-refractivity contribution is 5.76. The highest BCUT2D eigenvalue weighted by Gasteiger charge is 2.38. The first-order chi connectivity index (χ1) is 20.5. The number of primary amides is 1. The molecule has 1 aliphatic rings. The van der Waals surface area contributed by atoms with Crippen LogP contribution in [0.1, 0.15) is 29.9 Å². The predicted octanol–water partition coefficient (Wildman–Crippen LogP) is 4.32. The molecule has 14 heteroatoms. The summed E-state index contributed by atoms with van der Waals surface area (Å²) in [5, 5.41) is 24.6. The Kier molecular flexibility index (Phi) is 9.46. The molecule has 2 aromatic carbocycles. The van der Waals surface area contributed by atoms with Gasteiger partial charge in [-0.2, -0.15) is 18.4 Å². The molecule has 4 N–H and O–H groups in total. The van der Waals surface area contributed by atoms with Crippen molar-refractivity contribution in [3.63, 3.8) is 0 Å². The van der Waals surface area contributed by atoms with Gasteiger partial charge in [0.15, 0.2) is 0 Å². The van der Waals surface area contributed by atoms with Crippen molar-refractivity contribution in [1.82, 2.24) is 19.5 Å². The summed E-state index contributed by atoms with van der Waals surface area (Å²) in [6, 6.07) is 19.7. The Hall–Kier alpha value is -5.16. The second kappa shape index (κ2) is 13.2. The van der Waals surface area contributed by atoms with E-state index in [-0.39, 0.29) is 5.91 Å². The SMILES string of the molecule is COc1cc(C2CCN(CC(N)=O)CC2)ccc1Nc1ncc2ccc(-c3ccccc3C#N)n2n1.O=C(O)C(F)(F)F. The molecule has 0 aliphatic carbocycles. The minimum Gasteiger partial charge on any atom is -0.495 e. The molecule has 0 radical (unpaired) electrons. The molecule has 0 bridgehead atoms. The quantitative estimate of drug-likeness (QED) is 0.283. The maximum atomic E-state index is 11.2. The summed E-state index contributed by atoms with van der Waals surface area (Å²) in [7, 11) is 1.65. The van der Waals surface area contributed by atoms with E-state index >= 15 is 0 Å². The molecule has 1 fully saturated rings. The molecule has 1 aliphatic heterocycles. The van der Waals surface area contributed by atoms with Crippen LogP contribution in [0.2, 0.25) is 0 Å². The van der Waals surface area contributed by atoms with Gasteiger partial charge < -0.3 is 20.9 Å². The number of benzene rings is 2. The Morgan fingerprint density at radius 2 is 1.86 bits per heavy atom. The number of piperidine rings is 1. The highest BCUT2D eigenvalue weighted by Crippen LogP contribution is 2.35. The number of aliphatic carboxylic acids is 1. The number of alkyl halides is 3. The van der Waals surface area contributed by atoms with Crippen molar-refractivity contribution in [2.45, 2.75) is 24.9 Å². The van der Waals surface area contributed by atoms with Crippen molar-refractivity contribution in [2.24, 2.45) is 5.73 Å². The number of nitrogens with zero attached hydrogens (tertiary/aromatic N) is 5. The molecule has 43 heavy (non-hydrogen) atoms. The monoisotopic (exact) mass is 595 g/mol. The molecule has 1 amide bonds. The summed E-state index contributed by atoms with van der Waals surface area (Å²) in [6.07, 6.45) is -1.42. The normalized spacial score (nSPS) is 13.9. The van der Waals surface area contributed by atoms with E-state index in [0.29, 0.717) is 29.7 Å². The van der Waals surface area contributed by atoms with Gasteiger partial charge in [-0.05, 0) is 67.7 Å². The molecular formula is C29H28F3N7O4. The van der Waals surface area contributed by atoms with E-state index in [4.69, 9.17) is 20.4 Å². The summed E-state index contributed by atoms with van der Waals surface area (Å²) in [5.41, 5.74) is 10.3. The van der Waals surface area contributed by atoms with Crippen LogP contribution in [0, 0.1) is 11.3 Å².